The topological polar surface area (TPSA) is 49.3 Å². The van der Waals surface area contributed by atoms with E-state index in [1.165, 1.54) is 11.3 Å². The van der Waals surface area contributed by atoms with Crippen LogP contribution in [0.2, 0.25) is 5.02 Å². The fourth-order valence-corrected chi connectivity index (χ4v) is 2.40. The lowest BCUT2D eigenvalue weighted by molar-refractivity contribution is 0.0890. The van der Waals surface area contributed by atoms with Crippen LogP contribution in [0, 0.1) is 0 Å². The normalized spacial score (nSPS) is 14.5. The number of rotatable bonds is 5. The lowest BCUT2D eigenvalue weighted by Gasteiger charge is -2.28. The van der Waals surface area contributed by atoms with E-state index < -0.39 is 0 Å². The van der Waals surface area contributed by atoms with Crippen LogP contribution in [0.5, 0.6) is 0 Å². The lowest BCUT2D eigenvalue weighted by atomic mass is 9.95. The van der Waals surface area contributed by atoms with Crippen LogP contribution in [-0.2, 0) is 0 Å². The summed E-state index contributed by atoms with van der Waals surface area (Å²) in [6.45, 7) is 3.96. The van der Waals surface area contributed by atoms with Gasteiger partial charge in [0.1, 0.15) is 4.88 Å². The number of halogens is 1. The highest BCUT2D eigenvalue weighted by molar-refractivity contribution is 7.12. The van der Waals surface area contributed by atoms with Crippen LogP contribution in [0.3, 0.4) is 0 Å². The van der Waals surface area contributed by atoms with Gasteiger partial charge in [0.05, 0.1) is 5.02 Å². The van der Waals surface area contributed by atoms with Crippen molar-refractivity contribution >= 4 is 28.8 Å². The third-order valence-electron chi connectivity index (χ3n) is 2.68. The van der Waals surface area contributed by atoms with Gasteiger partial charge in [-0.1, -0.05) is 18.5 Å². The molecule has 0 aliphatic carbocycles. The predicted molar refractivity (Wildman–Crippen MR) is 67.2 cm³/mol. The van der Waals surface area contributed by atoms with Crippen molar-refractivity contribution in [2.45, 2.75) is 32.2 Å². The minimum atomic E-state index is -0.376. The van der Waals surface area contributed by atoms with E-state index in [9.17, 15) is 4.79 Å². The zero-order valence-corrected chi connectivity index (χ0v) is 11.0. The Hall–Kier alpha value is -0.580. The molecule has 0 spiro atoms. The van der Waals surface area contributed by atoms with Gasteiger partial charge in [0, 0.05) is 12.1 Å². The zero-order chi connectivity index (χ0) is 12.2. The van der Waals surface area contributed by atoms with Crippen LogP contribution in [0.15, 0.2) is 11.4 Å². The number of nitrogens with one attached hydrogen (secondary N) is 1. The van der Waals surface area contributed by atoms with Gasteiger partial charge >= 0.3 is 0 Å². The summed E-state index contributed by atoms with van der Waals surface area (Å²) in [6.07, 6.45) is 1.31. The van der Waals surface area contributed by atoms with Crippen molar-refractivity contribution in [1.29, 1.82) is 0 Å². The smallest absolute Gasteiger partial charge is 0.263 e. The summed E-state index contributed by atoms with van der Waals surface area (Å²) >= 11 is 7.20. The summed E-state index contributed by atoms with van der Waals surface area (Å²) in [5.41, 5.74) is -0.376. The number of hydrogen-bond acceptors (Lipinski definition) is 3. The summed E-state index contributed by atoms with van der Waals surface area (Å²) in [5.74, 6) is -0.169. The predicted octanol–water partition coefficient (Wildman–Crippen LogP) is 2.68. The van der Waals surface area contributed by atoms with Crippen molar-refractivity contribution in [3.8, 4) is 0 Å². The maximum Gasteiger partial charge on any atom is 0.263 e. The van der Waals surface area contributed by atoms with E-state index in [0.29, 0.717) is 16.3 Å². The number of carbonyl (C=O) groups excluding carboxylic acids is 1. The number of aliphatic hydroxyl groups excluding tert-OH is 1. The van der Waals surface area contributed by atoms with E-state index in [2.05, 4.69) is 5.32 Å². The molecule has 0 aliphatic rings. The Labute approximate surface area is 104 Å². The molecule has 0 radical (unpaired) electrons. The standard InChI is InChI=1S/C11H16ClNO2S/c1-3-11(2,5-6-14)13-10(15)9-8(12)4-7-16-9/h4,7,14H,3,5-6H2,1-2H3,(H,13,15). The van der Waals surface area contributed by atoms with Gasteiger partial charge in [0.2, 0.25) is 0 Å². The molecule has 0 aliphatic heterocycles. The minimum Gasteiger partial charge on any atom is -0.396 e. The molecule has 90 valence electrons. The summed E-state index contributed by atoms with van der Waals surface area (Å²) in [6, 6.07) is 1.70. The Kier molecular flexibility index (Phi) is 4.77. The van der Waals surface area contributed by atoms with Crippen LogP contribution >= 0.6 is 22.9 Å². The molecule has 5 heteroatoms. The number of amides is 1. The second-order valence-electron chi connectivity index (χ2n) is 3.94. The van der Waals surface area contributed by atoms with Crippen molar-refractivity contribution in [2.24, 2.45) is 0 Å². The number of hydrogen-bond donors (Lipinski definition) is 2. The molecule has 3 nitrogen and oxygen atoms in total. The van der Waals surface area contributed by atoms with Crippen LogP contribution in [-0.4, -0.2) is 23.2 Å². The second-order valence-corrected chi connectivity index (χ2v) is 5.26. The summed E-state index contributed by atoms with van der Waals surface area (Å²) in [7, 11) is 0. The van der Waals surface area contributed by atoms with Gasteiger partial charge in [-0.05, 0) is 31.2 Å². The molecule has 0 saturated heterocycles. The van der Waals surface area contributed by atoms with Crippen molar-refractivity contribution < 1.29 is 9.90 Å². The van der Waals surface area contributed by atoms with Gasteiger partial charge in [0.25, 0.3) is 5.91 Å². The molecule has 1 heterocycles. The van der Waals surface area contributed by atoms with Gasteiger partial charge in [0.15, 0.2) is 0 Å². The highest BCUT2D eigenvalue weighted by Crippen LogP contribution is 2.23. The molecule has 1 unspecified atom stereocenters. The third kappa shape index (κ3) is 3.20. The van der Waals surface area contributed by atoms with E-state index in [0.717, 1.165) is 6.42 Å². The molecule has 0 aromatic carbocycles. The lowest BCUT2D eigenvalue weighted by Crippen LogP contribution is -2.46. The van der Waals surface area contributed by atoms with Crippen molar-refractivity contribution in [3.05, 3.63) is 21.3 Å². The average Bonchev–Trinajstić information content (AvgIpc) is 2.65. The van der Waals surface area contributed by atoms with E-state index in [1.807, 2.05) is 13.8 Å². The molecule has 1 atom stereocenters. The summed E-state index contributed by atoms with van der Waals surface area (Å²) < 4.78 is 0. The van der Waals surface area contributed by atoms with Crippen LogP contribution in [0.25, 0.3) is 0 Å². The maximum atomic E-state index is 11.9. The van der Waals surface area contributed by atoms with Crippen molar-refractivity contribution in [2.75, 3.05) is 6.61 Å². The fraction of sp³-hybridized carbons (Fsp3) is 0.545. The monoisotopic (exact) mass is 261 g/mol. The first-order valence-corrected chi connectivity index (χ1v) is 6.44. The molecular weight excluding hydrogens is 246 g/mol. The Bertz CT molecular complexity index is 367. The molecule has 0 fully saturated rings. The molecule has 1 aromatic heterocycles. The van der Waals surface area contributed by atoms with Crippen LogP contribution in [0.4, 0.5) is 0 Å². The Balaban J connectivity index is 2.73. The molecular formula is C11H16ClNO2S. The Morgan fingerprint density at radius 1 is 1.69 bits per heavy atom. The van der Waals surface area contributed by atoms with Gasteiger partial charge < -0.3 is 10.4 Å². The maximum absolute atomic E-state index is 11.9. The average molecular weight is 262 g/mol. The van der Waals surface area contributed by atoms with E-state index in [4.69, 9.17) is 16.7 Å². The second kappa shape index (κ2) is 5.66. The van der Waals surface area contributed by atoms with E-state index in [1.54, 1.807) is 11.4 Å². The largest absolute Gasteiger partial charge is 0.396 e. The van der Waals surface area contributed by atoms with Crippen molar-refractivity contribution in [1.82, 2.24) is 5.32 Å². The quantitative estimate of drug-likeness (QED) is 0.856. The molecule has 1 rings (SSSR count). The minimum absolute atomic E-state index is 0.0583. The Morgan fingerprint density at radius 2 is 2.38 bits per heavy atom. The van der Waals surface area contributed by atoms with E-state index in [-0.39, 0.29) is 18.1 Å². The van der Waals surface area contributed by atoms with Crippen molar-refractivity contribution in [3.63, 3.8) is 0 Å². The van der Waals surface area contributed by atoms with Gasteiger partial charge in [-0.15, -0.1) is 11.3 Å². The molecule has 2 N–H and O–H groups in total. The summed E-state index contributed by atoms with van der Waals surface area (Å²) in [4.78, 5) is 12.4. The first-order valence-electron chi connectivity index (χ1n) is 5.19. The Morgan fingerprint density at radius 3 is 2.81 bits per heavy atom. The summed E-state index contributed by atoms with van der Waals surface area (Å²) in [5, 5.41) is 14.1. The molecule has 0 bridgehead atoms. The van der Waals surface area contributed by atoms with Crippen LogP contribution < -0.4 is 5.32 Å². The van der Waals surface area contributed by atoms with Gasteiger partial charge in [-0.25, -0.2) is 0 Å². The highest BCUT2D eigenvalue weighted by Gasteiger charge is 2.25. The SMILES string of the molecule is CCC(C)(CCO)NC(=O)c1sccc1Cl. The molecule has 1 amide bonds. The van der Waals surface area contributed by atoms with Crippen LogP contribution in [0.1, 0.15) is 36.4 Å². The zero-order valence-electron chi connectivity index (χ0n) is 9.42. The first-order chi connectivity index (χ1) is 7.52. The first kappa shape index (κ1) is 13.5. The highest BCUT2D eigenvalue weighted by atomic mass is 35.5. The number of thiophene rings is 1. The molecule has 1 aromatic rings. The van der Waals surface area contributed by atoms with E-state index >= 15 is 0 Å². The molecule has 16 heavy (non-hydrogen) atoms. The van der Waals surface area contributed by atoms with Gasteiger partial charge in [-0.3, -0.25) is 4.79 Å². The third-order valence-corrected chi connectivity index (χ3v) is 4.02. The molecule has 0 saturated carbocycles. The van der Waals surface area contributed by atoms with Gasteiger partial charge in [-0.2, -0.15) is 0 Å². The number of aliphatic hydroxyl groups is 1. The fourth-order valence-electron chi connectivity index (χ4n) is 1.36. The number of carbonyl (C=O) groups is 1.